The molecule has 106 valence electrons. The number of carbonyl (C=O) groups excluding carboxylic acids is 1. The molecule has 2 heterocycles. The number of nitrogens with two attached hydrogens (primary N) is 1. The standard InChI is InChI=1S/C14H23N3OS/c1-14(2)5-3-8-17(9-6-14)13(18)11-10-19-12(16-11)4-7-15/h10H,3-9,15H2,1-2H3. The van der Waals surface area contributed by atoms with Crippen molar-refractivity contribution >= 4 is 17.2 Å². The number of likely N-dealkylation sites (tertiary alicyclic amines) is 1. The molecule has 2 N–H and O–H groups in total. The van der Waals surface area contributed by atoms with Crippen LogP contribution in [-0.2, 0) is 6.42 Å². The molecule has 1 aliphatic rings. The summed E-state index contributed by atoms with van der Waals surface area (Å²) in [7, 11) is 0. The van der Waals surface area contributed by atoms with Crippen LogP contribution in [0.2, 0.25) is 0 Å². The van der Waals surface area contributed by atoms with Crippen molar-refractivity contribution in [2.75, 3.05) is 19.6 Å². The van der Waals surface area contributed by atoms with Gasteiger partial charge >= 0.3 is 0 Å². The molecule has 1 aromatic heterocycles. The molecule has 4 nitrogen and oxygen atoms in total. The van der Waals surface area contributed by atoms with Gasteiger partial charge in [0, 0.05) is 24.9 Å². The van der Waals surface area contributed by atoms with Crippen molar-refractivity contribution in [1.29, 1.82) is 0 Å². The third-order valence-electron chi connectivity index (χ3n) is 3.76. The molecular weight excluding hydrogens is 258 g/mol. The van der Waals surface area contributed by atoms with Gasteiger partial charge in [0.2, 0.25) is 0 Å². The smallest absolute Gasteiger partial charge is 0.273 e. The average molecular weight is 281 g/mol. The molecule has 0 unspecified atom stereocenters. The summed E-state index contributed by atoms with van der Waals surface area (Å²) in [4.78, 5) is 18.8. The van der Waals surface area contributed by atoms with Crippen LogP contribution in [-0.4, -0.2) is 35.4 Å². The van der Waals surface area contributed by atoms with Crippen molar-refractivity contribution in [3.8, 4) is 0 Å². The summed E-state index contributed by atoms with van der Waals surface area (Å²) in [5.41, 5.74) is 6.45. The van der Waals surface area contributed by atoms with Crippen molar-refractivity contribution in [3.05, 3.63) is 16.1 Å². The highest BCUT2D eigenvalue weighted by Gasteiger charge is 2.26. The Morgan fingerprint density at radius 1 is 1.47 bits per heavy atom. The molecule has 0 aliphatic carbocycles. The van der Waals surface area contributed by atoms with E-state index in [9.17, 15) is 4.79 Å². The van der Waals surface area contributed by atoms with Crippen LogP contribution in [0.25, 0.3) is 0 Å². The summed E-state index contributed by atoms with van der Waals surface area (Å²) >= 11 is 1.53. The van der Waals surface area contributed by atoms with E-state index < -0.39 is 0 Å². The minimum atomic E-state index is 0.0808. The Balaban J connectivity index is 2.02. The van der Waals surface area contributed by atoms with Crippen molar-refractivity contribution < 1.29 is 4.79 Å². The Labute approximate surface area is 119 Å². The second kappa shape index (κ2) is 6.01. The number of rotatable bonds is 3. The molecule has 0 spiro atoms. The largest absolute Gasteiger partial charge is 0.337 e. The van der Waals surface area contributed by atoms with E-state index in [1.54, 1.807) is 0 Å². The van der Waals surface area contributed by atoms with Crippen molar-refractivity contribution in [1.82, 2.24) is 9.88 Å². The van der Waals surface area contributed by atoms with E-state index in [4.69, 9.17) is 5.73 Å². The molecule has 5 heteroatoms. The summed E-state index contributed by atoms with van der Waals surface area (Å²) in [6.07, 6.45) is 4.09. The number of amides is 1. The van der Waals surface area contributed by atoms with Crippen LogP contribution in [0.1, 0.15) is 48.6 Å². The van der Waals surface area contributed by atoms with Gasteiger partial charge in [-0.2, -0.15) is 0 Å². The second-order valence-corrected chi connectivity index (χ2v) is 6.92. The van der Waals surface area contributed by atoms with E-state index in [0.717, 1.165) is 37.4 Å². The number of hydrogen-bond acceptors (Lipinski definition) is 4. The lowest BCUT2D eigenvalue weighted by molar-refractivity contribution is 0.0752. The first-order valence-corrected chi connectivity index (χ1v) is 7.83. The summed E-state index contributed by atoms with van der Waals surface area (Å²) in [5, 5.41) is 2.82. The molecular formula is C14H23N3OS. The number of hydrogen-bond donors (Lipinski definition) is 1. The molecule has 0 radical (unpaired) electrons. The van der Waals surface area contributed by atoms with Gasteiger partial charge in [-0.05, 0) is 31.2 Å². The van der Waals surface area contributed by atoms with Gasteiger partial charge < -0.3 is 10.6 Å². The normalized spacial score (nSPS) is 19.2. The van der Waals surface area contributed by atoms with Crippen molar-refractivity contribution in [2.24, 2.45) is 11.1 Å². The zero-order valence-corrected chi connectivity index (χ0v) is 12.6. The molecule has 1 amide bonds. The van der Waals surface area contributed by atoms with E-state index >= 15 is 0 Å². The maximum absolute atomic E-state index is 12.4. The topological polar surface area (TPSA) is 59.2 Å². The molecule has 0 saturated carbocycles. The summed E-state index contributed by atoms with van der Waals surface area (Å²) in [6, 6.07) is 0. The number of nitrogens with zero attached hydrogens (tertiary/aromatic N) is 2. The summed E-state index contributed by atoms with van der Waals surface area (Å²) in [5.74, 6) is 0.0808. The summed E-state index contributed by atoms with van der Waals surface area (Å²) < 4.78 is 0. The Bertz CT molecular complexity index is 442. The zero-order chi connectivity index (χ0) is 13.9. The van der Waals surface area contributed by atoms with Gasteiger partial charge in [0.15, 0.2) is 0 Å². The molecule has 1 fully saturated rings. The maximum atomic E-state index is 12.4. The first-order chi connectivity index (χ1) is 9.02. The lowest BCUT2D eigenvalue weighted by Gasteiger charge is -2.22. The van der Waals surface area contributed by atoms with Gasteiger partial charge in [-0.15, -0.1) is 11.3 Å². The predicted octanol–water partition coefficient (Wildman–Crippen LogP) is 2.30. The molecule has 0 aromatic carbocycles. The Morgan fingerprint density at radius 3 is 3.00 bits per heavy atom. The van der Waals surface area contributed by atoms with E-state index in [2.05, 4.69) is 18.8 Å². The van der Waals surface area contributed by atoms with Gasteiger partial charge in [-0.1, -0.05) is 13.8 Å². The number of carbonyl (C=O) groups is 1. The van der Waals surface area contributed by atoms with E-state index in [-0.39, 0.29) is 5.91 Å². The monoisotopic (exact) mass is 281 g/mol. The van der Waals surface area contributed by atoms with Gasteiger partial charge in [0.05, 0.1) is 5.01 Å². The van der Waals surface area contributed by atoms with Crippen molar-refractivity contribution in [3.63, 3.8) is 0 Å². The fourth-order valence-electron chi connectivity index (χ4n) is 2.44. The zero-order valence-electron chi connectivity index (χ0n) is 11.8. The first kappa shape index (κ1) is 14.5. The Hall–Kier alpha value is -0.940. The van der Waals surface area contributed by atoms with Crippen LogP contribution in [0.15, 0.2) is 5.38 Å². The van der Waals surface area contributed by atoms with Crippen LogP contribution in [0.5, 0.6) is 0 Å². The fourth-order valence-corrected chi connectivity index (χ4v) is 3.22. The fraction of sp³-hybridized carbons (Fsp3) is 0.714. The van der Waals surface area contributed by atoms with Crippen LogP contribution >= 0.6 is 11.3 Å². The second-order valence-electron chi connectivity index (χ2n) is 5.98. The van der Waals surface area contributed by atoms with Gasteiger partial charge in [-0.25, -0.2) is 4.98 Å². The third-order valence-corrected chi connectivity index (χ3v) is 4.66. The lowest BCUT2D eigenvalue weighted by atomic mass is 9.85. The number of thiazole rings is 1. The van der Waals surface area contributed by atoms with Gasteiger partial charge in [0.25, 0.3) is 5.91 Å². The average Bonchev–Trinajstić information content (AvgIpc) is 2.74. The molecule has 2 rings (SSSR count). The highest BCUT2D eigenvalue weighted by Crippen LogP contribution is 2.30. The van der Waals surface area contributed by atoms with Crippen LogP contribution in [0.3, 0.4) is 0 Å². The minimum Gasteiger partial charge on any atom is -0.337 e. The highest BCUT2D eigenvalue weighted by molar-refractivity contribution is 7.09. The molecule has 19 heavy (non-hydrogen) atoms. The quantitative estimate of drug-likeness (QED) is 0.925. The first-order valence-electron chi connectivity index (χ1n) is 6.95. The van der Waals surface area contributed by atoms with Crippen LogP contribution in [0.4, 0.5) is 0 Å². The van der Waals surface area contributed by atoms with Crippen LogP contribution < -0.4 is 5.73 Å². The van der Waals surface area contributed by atoms with E-state index in [1.165, 1.54) is 17.8 Å². The lowest BCUT2D eigenvalue weighted by Crippen LogP contribution is -2.32. The Morgan fingerprint density at radius 2 is 2.26 bits per heavy atom. The third kappa shape index (κ3) is 3.76. The summed E-state index contributed by atoms with van der Waals surface area (Å²) in [6.45, 7) is 6.84. The van der Waals surface area contributed by atoms with Gasteiger partial charge in [0.1, 0.15) is 5.69 Å². The molecule has 1 aromatic rings. The van der Waals surface area contributed by atoms with E-state index in [0.29, 0.717) is 17.7 Å². The number of aromatic nitrogens is 1. The minimum absolute atomic E-state index is 0.0808. The SMILES string of the molecule is CC1(C)CCCN(C(=O)c2csc(CCN)n2)CC1. The highest BCUT2D eigenvalue weighted by atomic mass is 32.1. The molecule has 1 saturated heterocycles. The molecule has 1 aliphatic heterocycles. The van der Waals surface area contributed by atoms with E-state index in [1.807, 2.05) is 10.3 Å². The van der Waals surface area contributed by atoms with Crippen LogP contribution in [0, 0.1) is 5.41 Å². The van der Waals surface area contributed by atoms with Gasteiger partial charge in [-0.3, -0.25) is 4.79 Å². The van der Waals surface area contributed by atoms with Crippen molar-refractivity contribution in [2.45, 2.75) is 39.5 Å². The molecule has 0 bridgehead atoms. The molecule has 0 atom stereocenters. The predicted molar refractivity (Wildman–Crippen MR) is 78.4 cm³/mol. The maximum Gasteiger partial charge on any atom is 0.273 e. The Kier molecular flexibility index (Phi) is 4.58.